The number of pyridine rings is 3. The van der Waals surface area contributed by atoms with Crippen molar-refractivity contribution in [1.29, 1.82) is 0 Å². The molecule has 0 aliphatic heterocycles. The molecule has 0 saturated heterocycles. The minimum atomic E-state index is -1.45. The van der Waals surface area contributed by atoms with Crippen LogP contribution in [0.3, 0.4) is 0 Å². The first kappa shape index (κ1) is 58.7. The third-order valence-corrected chi connectivity index (χ3v) is 17.0. The number of benzene rings is 2. The summed E-state index contributed by atoms with van der Waals surface area (Å²) in [5.74, 6) is 0.422. The third-order valence-electron chi connectivity index (χ3n) is 11.5. The number of halogens is 5. The van der Waals surface area contributed by atoms with Gasteiger partial charge in [0.15, 0.2) is 41.2 Å². The summed E-state index contributed by atoms with van der Waals surface area (Å²) in [5.41, 5.74) is 4.58. The van der Waals surface area contributed by atoms with Crippen LogP contribution in [0.4, 0.5) is 0 Å². The van der Waals surface area contributed by atoms with E-state index in [1.807, 2.05) is 64.7 Å². The van der Waals surface area contributed by atoms with Gasteiger partial charge in [-0.15, -0.1) is 86.3 Å². The molecule has 2 aromatic carbocycles. The average molecular weight is 1710 g/mol. The molecule has 21 heteroatoms. The Balaban J connectivity index is 0.00000383. The molecule has 0 amide bonds. The molecule has 0 aliphatic rings. The molecular weight excluding hydrogens is 1680 g/mol. The van der Waals surface area contributed by atoms with E-state index in [0.717, 1.165) is 25.3 Å². The monoisotopic (exact) mass is 1710 g/mol. The summed E-state index contributed by atoms with van der Waals surface area (Å²) in [7, 11) is 0. The Kier molecular flexibility index (Phi) is 20.3. The Morgan fingerprint density at radius 2 is 1.42 bits per heavy atom. The molecule has 3 unspecified atom stereocenters. The summed E-state index contributed by atoms with van der Waals surface area (Å²) in [6.45, 7) is 0. The van der Waals surface area contributed by atoms with E-state index in [2.05, 4.69) is 44.9 Å². The van der Waals surface area contributed by atoms with E-state index in [4.69, 9.17) is 50.9 Å². The van der Waals surface area contributed by atoms with Gasteiger partial charge < -0.3 is 30.7 Å². The van der Waals surface area contributed by atoms with Crippen LogP contribution >= 0.6 is 114 Å². The maximum atomic E-state index is 12.4. The first-order valence-corrected chi connectivity index (χ1v) is 28.0. The molecule has 3 N–H and O–H groups in total. The zero-order chi connectivity index (χ0) is 51.6. The standard InChI is InChI=1S/C55H33Cl4IN6O4S4.2U/c56-40-11-10-30(21-38(48(61)36-25-46(59)72-29-36)51(67)33-6-2-17-63-26-33)22-41(40)65-18-3-7-34(27-65)52(68)39(49(62)42-12-14-44(57)73-42)24-32-16-20-71-55(32)66-19-4-8-35(28-66)53(69)47-50(43-13-15-45(58)74-43)64-70-54(47)31-5-1-9-37(60)23-31;;/h1-20,22-23,25-29,51-53,67-69H;;/q-2;2*+2. The second-order valence-corrected chi connectivity index (χ2v) is 23.8. The van der Waals surface area contributed by atoms with Gasteiger partial charge in [-0.05, 0) is 87.4 Å². The van der Waals surface area contributed by atoms with Crippen molar-refractivity contribution < 1.29 is 91.2 Å². The predicted molar refractivity (Wildman–Crippen MR) is 305 cm³/mol. The Morgan fingerprint density at radius 1 is 0.697 bits per heavy atom. The van der Waals surface area contributed by atoms with Crippen molar-refractivity contribution in [2.75, 3.05) is 0 Å². The van der Waals surface area contributed by atoms with Gasteiger partial charge in [0, 0.05) is 50.4 Å². The second kappa shape index (κ2) is 26.2. The summed E-state index contributed by atoms with van der Waals surface area (Å²) in [4.78, 5) is 5.28. The molecule has 0 aliphatic carbocycles. The van der Waals surface area contributed by atoms with Gasteiger partial charge in [-0.3, -0.25) is 4.98 Å². The quantitative estimate of drug-likeness (QED) is 0.0379. The summed E-state index contributed by atoms with van der Waals surface area (Å²) in [6, 6.07) is 33.7. The predicted octanol–water partition coefficient (Wildman–Crippen LogP) is 14.2. The Hall–Kier alpha value is -3.41. The van der Waals surface area contributed by atoms with Gasteiger partial charge in [0.25, 0.3) is 0 Å². The van der Waals surface area contributed by atoms with Gasteiger partial charge in [-0.25, -0.2) is 11.4 Å². The zero-order valence-corrected chi connectivity index (χ0v) is 55.6. The molecule has 372 valence electrons. The van der Waals surface area contributed by atoms with Crippen LogP contribution in [0.25, 0.3) is 43.4 Å². The van der Waals surface area contributed by atoms with Gasteiger partial charge in [0.05, 0.1) is 40.7 Å². The Labute approximate surface area is 533 Å². The van der Waals surface area contributed by atoms with Crippen molar-refractivity contribution in [2.24, 2.45) is 0 Å². The zero-order valence-electron chi connectivity index (χ0n) is 38.8. The Morgan fingerprint density at radius 3 is 2.13 bits per heavy atom. The van der Waals surface area contributed by atoms with E-state index >= 15 is 0 Å². The number of hydrogen-bond acceptors (Lipinski definition) is 10. The SMILES string of the molecule is [N-]=C(C(=[C-]c1ccc(Cl)c(-[n+]2cccc(C(O)C(=[C-]c3ccsc3-[n+]3cccc(C(O)c4c(-c5ccc(Cl)s5)noc4-c4cccc(I)c4)c3)C(=[N-])c3ccc(Cl)s3)c2)c1)C(O)c1cccnc1)c1csc(Cl)c1.[U+2].[U+2]. The van der Waals surface area contributed by atoms with Crippen LogP contribution in [-0.2, 0) is 0 Å². The number of aromatic nitrogens is 4. The molecule has 76 heavy (non-hydrogen) atoms. The molecule has 10 aromatic rings. The molecule has 8 aromatic heterocycles. The number of thiophene rings is 4. The normalized spacial score (nSPS) is 12.9. The first-order chi connectivity index (χ1) is 35.8. The van der Waals surface area contributed by atoms with Crippen molar-refractivity contribution in [1.82, 2.24) is 10.1 Å². The minimum absolute atomic E-state index is 0. The molecular formula is C55H33Cl4IN6O4S4U2+2. The molecule has 0 spiro atoms. The maximum Gasteiger partial charge on any atom is 2.00 e. The van der Waals surface area contributed by atoms with Crippen LogP contribution in [0, 0.1) is 77.9 Å². The van der Waals surface area contributed by atoms with E-state index in [1.165, 1.54) is 40.2 Å². The van der Waals surface area contributed by atoms with Crippen LogP contribution in [0.5, 0.6) is 0 Å². The van der Waals surface area contributed by atoms with Crippen LogP contribution in [0.1, 0.15) is 62.1 Å². The van der Waals surface area contributed by atoms with Gasteiger partial charge in [-0.1, -0.05) is 104 Å². The molecule has 10 rings (SSSR count). The summed E-state index contributed by atoms with van der Waals surface area (Å²) in [6.07, 6.45) is 12.8. The van der Waals surface area contributed by atoms with Crippen molar-refractivity contribution in [2.45, 2.75) is 18.3 Å². The fourth-order valence-electron chi connectivity index (χ4n) is 8.00. The van der Waals surface area contributed by atoms with E-state index in [-0.39, 0.29) is 84.8 Å². The van der Waals surface area contributed by atoms with E-state index in [9.17, 15) is 26.1 Å². The fraction of sp³-hybridized carbons (Fsp3) is 0.0545. The smallest absolute Gasteiger partial charge is 0.854 e. The van der Waals surface area contributed by atoms with E-state index < -0.39 is 18.3 Å². The second-order valence-electron chi connectivity index (χ2n) is 16.3. The third kappa shape index (κ3) is 13.1. The summed E-state index contributed by atoms with van der Waals surface area (Å²) in [5, 5.41) is 68.8. The molecule has 10 nitrogen and oxygen atoms in total. The number of aliphatic hydroxyl groups excluding tert-OH is 3. The summed E-state index contributed by atoms with van der Waals surface area (Å²) >= 11 is 33.2. The van der Waals surface area contributed by atoms with Crippen molar-refractivity contribution >= 4 is 126 Å². The molecule has 0 radical (unpaired) electrons. The molecule has 0 fully saturated rings. The van der Waals surface area contributed by atoms with Crippen molar-refractivity contribution in [3.63, 3.8) is 0 Å². The number of hydrogen-bond donors (Lipinski definition) is 3. The average Bonchev–Trinajstić information content (AvgIpc) is 4.30. The van der Waals surface area contributed by atoms with Gasteiger partial charge in [0.2, 0.25) is 0 Å². The minimum Gasteiger partial charge on any atom is -0.854 e. The molecule has 8 heterocycles. The molecule has 3 atom stereocenters. The largest absolute Gasteiger partial charge is 2.00 e. The first-order valence-electron chi connectivity index (χ1n) is 22.1. The van der Waals surface area contributed by atoms with Crippen molar-refractivity contribution in [3.05, 3.63) is 263 Å². The molecule has 0 saturated carbocycles. The van der Waals surface area contributed by atoms with Gasteiger partial charge in [-0.2, -0.15) is 9.13 Å². The van der Waals surface area contributed by atoms with Crippen molar-refractivity contribution in [3.8, 4) is 32.6 Å². The summed E-state index contributed by atoms with van der Waals surface area (Å²) < 4.78 is 12.0. The maximum absolute atomic E-state index is 12.4. The van der Waals surface area contributed by atoms with Gasteiger partial charge in [0.1, 0.15) is 11.8 Å². The van der Waals surface area contributed by atoms with E-state index in [0.29, 0.717) is 84.0 Å². The number of aliphatic hydroxyl groups is 3. The van der Waals surface area contributed by atoms with E-state index in [1.54, 1.807) is 101 Å². The fourth-order valence-corrected chi connectivity index (χ4v) is 12.5. The van der Waals surface area contributed by atoms with Crippen LogP contribution in [0.15, 0.2) is 179 Å². The van der Waals surface area contributed by atoms with Gasteiger partial charge >= 0.3 is 62.2 Å². The number of nitrogens with zero attached hydrogens (tertiary/aromatic N) is 6. The molecule has 0 bridgehead atoms. The Bertz CT molecular complexity index is 3810. The van der Waals surface area contributed by atoms with Crippen LogP contribution in [0.2, 0.25) is 18.0 Å². The number of rotatable bonds is 16. The topological polar surface area (TPSA) is 152 Å². The van der Waals surface area contributed by atoms with Crippen LogP contribution in [-0.4, -0.2) is 36.9 Å². The van der Waals surface area contributed by atoms with Crippen LogP contribution < -0.4 is 9.13 Å².